The van der Waals surface area contributed by atoms with Crippen LogP contribution in [0, 0.1) is 19.8 Å². The molecule has 1 amide bonds. The zero-order valence-electron chi connectivity index (χ0n) is 13.2. The first-order chi connectivity index (χ1) is 9.47. The summed E-state index contributed by atoms with van der Waals surface area (Å²) in [7, 11) is 0. The molecule has 20 heavy (non-hydrogen) atoms. The maximum Gasteiger partial charge on any atom is 0.224 e. The van der Waals surface area contributed by atoms with Crippen LogP contribution in [-0.2, 0) is 11.2 Å². The summed E-state index contributed by atoms with van der Waals surface area (Å²) in [6.07, 6.45) is 2.55. The van der Waals surface area contributed by atoms with Gasteiger partial charge in [-0.2, -0.15) is 0 Å². The van der Waals surface area contributed by atoms with Crippen molar-refractivity contribution in [3.05, 3.63) is 34.9 Å². The van der Waals surface area contributed by atoms with E-state index in [0.717, 1.165) is 18.4 Å². The number of carbonyl (C=O) groups excluding carboxylic acids is 1. The Balaban J connectivity index is 2.45. The molecule has 1 unspecified atom stereocenters. The summed E-state index contributed by atoms with van der Waals surface area (Å²) >= 11 is 0. The Labute approximate surface area is 122 Å². The molecule has 3 heteroatoms. The second kappa shape index (κ2) is 8.05. The summed E-state index contributed by atoms with van der Waals surface area (Å²) in [4.78, 5) is 11.9. The van der Waals surface area contributed by atoms with Gasteiger partial charge < -0.3 is 11.1 Å². The average Bonchev–Trinajstić information content (AvgIpc) is 2.42. The number of rotatable bonds is 7. The predicted molar refractivity (Wildman–Crippen MR) is 84.7 cm³/mol. The Morgan fingerprint density at radius 1 is 1.20 bits per heavy atom. The fourth-order valence-corrected chi connectivity index (χ4v) is 2.45. The standard InChI is InChI=1S/C17H28N2O/c1-5-15(6-2)16(18)11-19-17(20)10-14-8-7-12(3)13(4)9-14/h7-9,15-16H,5-6,10-11,18H2,1-4H3,(H,19,20). The van der Waals surface area contributed by atoms with E-state index in [-0.39, 0.29) is 11.9 Å². The molecule has 0 aliphatic heterocycles. The Morgan fingerprint density at radius 3 is 2.40 bits per heavy atom. The SMILES string of the molecule is CCC(CC)C(N)CNC(=O)Cc1ccc(C)c(C)c1. The Kier molecular flexibility index (Phi) is 6.73. The molecule has 3 nitrogen and oxygen atoms in total. The van der Waals surface area contributed by atoms with Crippen molar-refractivity contribution >= 4 is 5.91 Å². The van der Waals surface area contributed by atoms with Crippen molar-refractivity contribution in [1.82, 2.24) is 5.32 Å². The lowest BCUT2D eigenvalue weighted by Gasteiger charge is -2.21. The number of amides is 1. The highest BCUT2D eigenvalue weighted by molar-refractivity contribution is 5.78. The Hall–Kier alpha value is -1.35. The van der Waals surface area contributed by atoms with E-state index >= 15 is 0 Å². The van der Waals surface area contributed by atoms with Crippen molar-refractivity contribution in [3.8, 4) is 0 Å². The van der Waals surface area contributed by atoms with E-state index in [4.69, 9.17) is 5.73 Å². The zero-order chi connectivity index (χ0) is 15.1. The topological polar surface area (TPSA) is 55.1 Å². The number of nitrogens with one attached hydrogen (secondary N) is 1. The van der Waals surface area contributed by atoms with Gasteiger partial charge in [-0.15, -0.1) is 0 Å². The van der Waals surface area contributed by atoms with E-state index in [9.17, 15) is 4.79 Å². The van der Waals surface area contributed by atoms with Crippen molar-refractivity contribution < 1.29 is 4.79 Å². The number of benzene rings is 1. The van der Waals surface area contributed by atoms with Gasteiger partial charge in [-0.1, -0.05) is 44.9 Å². The van der Waals surface area contributed by atoms with Crippen molar-refractivity contribution in [3.63, 3.8) is 0 Å². The van der Waals surface area contributed by atoms with E-state index in [1.165, 1.54) is 11.1 Å². The lowest BCUT2D eigenvalue weighted by molar-refractivity contribution is -0.120. The predicted octanol–water partition coefficient (Wildman–Crippen LogP) is 2.73. The molecule has 0 radical (unpaired) electrons. The second-order valence-electron chi connectivity index (χ2n) is 5.64. The minimum atomic E-state index is 0.0497. The highest BCUT2D eigenvalue weighted by Gasteiger charge is 2.14. The van der Waals surface area contributed by atoms with Crippen molar-refractivity contribution in [2.45, 2.75) is 53.0 Å². The van der Waals surface area contributed by atoms with Gasteiger partial charge in [0.1, 0.15) is 0 Å². The van der Waals surface area contributed by atoms with Crippen LogP contribution in [0.4, 0.5) is 0 Å². The van der Waals surface area contributed by atoms with Crippen LogP contribution in [0.15, 0.2) is 18.2 Å². The molecule has 0 spiro atoms. The number of aryl methyl sites for hydroxylation is 2. The molecule has 0 bridgehead atoms. The van der Waals surface area contributed by atoms with Crippen molar-refractivity contribution in [2.75, 3.05) is 6.54 Å². The fourth-order valence-electron chi connectivity index (χ4n) is 2.45. The first kappa shape index (κ1) is 16.7. The van der Waals surface area contributed by atoms with Crippen LogP contribution in [-0.4, -0.2) is 18.5 Å². The minimum Gasteiger partial charge on any atom is -0.354 e. The minimum absolute atomic E-state index is 0.0497. The number of nitrogens with two attached hydrogens (primary N) is 1. The lowest BCUT2D eigenvalue weighted by atomic mass is 9.95. The van der Waals surface area contributed by atoms with Crippen LogP contribution in [0.5, 0.6) is 0 Å². The summed E-state index contributed by atoms with van der Waals surface area (Å²) in [5.74, 6) is 0.534. The molecular formula is C17H28N2O. The van der Waals surface area contributed by atoms with Crippen LogP contribution >= 0.6 is 0 Å². The van der Waals surface area contributed by atoms with Gasteiger partial charge in [0.05, 0.1) is 6.42 Å². The molecule has 0 aliphatic carbocycles. The van der Waals surface area contributed by atoms with Crippen LogP contribution in [0.1, 0.15) is 43.4 Å². The van der Waals surface area contributed by atoms with Gasteiger partial charge in [-0.25, -0.2) is 0 Å². The maximum atomic E-state index is 11.9. The average molecular weight is 276 g/mol. The molecule has 0 saturated carbocycles. The van der Waals surface area contributed by atoms with Gasteiger partial charge in [0, 0.05) is 12.6 Å². The normalized spacial score (nSPS) is 12.5. The number of hydrogen-bond donors (Lipinski definition) is 2. The van der Waals surface area contributed by atoms with Gasteiger partial charge in [0.15, 0.2) is 0 Å². The third-order valence-corrected chi connectivity index (χ3v) is 4.13. The molecule has 0 heterocycles. The molecule has 3 N–H and O–H groups in total. The van der Waals surface area contributed by atoms with Gasteiger partial charge in [0.2, 0.25) is 5.91 Å². The Morgan fingerprint density at radius 2 is 1.85 bits per heavy atom. The van der Waals surface area contributed by atoms with Crippen LogP contribution < -0.4 is 11.1 Å². The van der Waals surface area contributed by atoms with Crippen LogP contribution in [0.25, 0.3) is 0 Å². The van der Waals surface area contributed by atoms with Crippen LogP contribution in [0.3, 0.4) is 0 Å². The first-order valence-corrected chi connectivity index (χ1v) is 7.56. The monoisotopic (exact) mass is 276 g/mol. The molecule has 0 fully saturated rings. The fraction of sp³-hybridized carbons (Fsp3) is 0.588. The van der Waals surface area contributed by atoms with Gasteiger partial charge in [-0.3, -0.25) is 4.79 Å². The summed E-state index contributed by atoms with van der Waals surface area (Å²) in [6, 6.07) is 6.21. The quantitative estimate of drug-likeness (QED) is 0.804. The molecular weight excluding hydrogens is 248 g/mol. The summed E-state index contributed by atoms with van der Waals surface area (Å²) in [6.45, 7) is 9.00. The van der Waals surface area contributed by atoms with E-state index < -0.39 is 0 Å². The molecule has 1 aromatic rings. The third kappa shape index (κ3) is 4.97. The molecule has 0 saturated heterocycles. The summed E-state index contributed by atoms with van der Waals surface area (Å²) in [5.41, 5.74) is 9.65. The summed E-state index contributed by atoms with van der Waals surface area (Å²) < 4.78 is 0. The molecule has 0 aromatic heterocycles. The Bertz CT molecular complexity index is 439. The summed E-state index contributed by atoms with van der Waals surface area (Å²) in [5, 5.41) is 2.95. The highest BCUT2D eigenvalue weighted by atomic mass is 16.1. The van der Waals surface area contributed by atoms with Gasteiger partial charge in [0.25, 0.3) is 0 Å². The van der Waals surface area contributed by atoms with Gasteiger partial charge >= 0.3 is 0 Å². The largest absolute Gasteiger partial charge is 0.354 e. The number of hydrogen-bond acceptors (Lipinski definition) is 2. The lowest BCUT2D eigenvalue weighted by Crippen LogP contribution is -2.42. The zero-order valence-corrected chi connectivity index (χ0v) is 13.2. The molecule has 0 aliphatic rings. The van der Waals surface area contributed by atoms with E-state index in [0.29, 0.717) is 18.9 Å². The highest BCUT2D eigenvalue weighted by Crippen LogP contribution is 2.12. The number of carbonyl (C=O) groups is 1. The molecule has 1 aromatic carbocycles. The van der Waals surface area contributed by atoms with Crippen molar-refractivity contribution in [2.24, 2.45) is 11.7 Å². The molecule has 112 valence electrons. The second-order valence-corrected chi connectivity index (χ2v) is 5.64. The van der Waals surface area contributed by atoms with Crippen LogP contribution in [0.2, 0.25) is 0 Å². The van der Waals surface area contributed by atoms with Gasteiger partial charge in [-0.05, 0) is 36.5 Å². The van der Waals surface area contributed by atoms with E-state index in [1.807, 2.05) is 6.07 Å². The maximum absolute atomic E-state index is 11.9. The molecule has 1 rings (SSSR count). The van der Waals surface area contributed by atoms with E-state index in [1.54, 1.807) is 0 Å². The molecule has 1 atom stereocenters. The first-order valence-electron chi connectivity index (χ1n) is 7.56. The smallest absolute Gasteiger partial charge is 0.224 e. The van der Waals surface area contributed by atoms with Crippen molar-refractivity contribution in [1.29, 1.82) is 0 Å². The van der Waals surface area contributed by atoms with E-state index in [2.05, 4.69) is 45.1 Å². The third-order valence-electron chi connectivity index (χ3n) is 4.13.